The van der Waals surface area contributed by atoms with E-state index < -0.39 is 17.8 Å². The first-order chi connectivity index (χ1) is 12.6. The maximum Gasteiger partial charge on any atom is 0.257 e. The highest BCUT2D eigenvalue weighted by atomic mass is 16.6. The minimum absolute atomic E-state index is 0.0700. The van der Waals surface area contributed by atoms with E-state index in [1.165, 1.54) is 0 Å². The number of allylic oxidation sites excluding steroid dienone is 1. The van der Waals surface area contributed by atoms with E-state index in [1.54, 1.807) is 19.0 Å². The Morgan fingerprint density at radius 1 is 1.33 bits per heavy atom. The van der Waals surface area contributed by atoms with Gasteiger partial charge in [-0.2, -0.15) is 0 Å². The molecule has 1 amide bonds. The Labute approximate surface area is 161 Å². The second kappa shape index (κ2) is 7.28. The number of amides is 1. The molecule has 2 aliphatic heterocycles. The van der Waals surface area contributed by atoms with Gasteiger partial charge < -0.3 is 19.2 Å². The summed E-state index contributed by atoms with van der Waals surface area (Å²) in [7, 11) is 3.47. The van der Waals surface area contributed by atoms with Crippen molar-refractivity contribution < 1.29 is 19.1 Å². The van der Waals surface area contributed by atoms with Crippen LogP contribution in [0.15, 0.2) is 28.2 Å². The molecule has 1 aromatic heterocycles. The first kappa shape index (κ1) is 19.9. The highest BCUT2D eigenvalue weighted by molar-refractivity contribution is 5.88. The van der Waals surface area contributed by atoms with E-state index in [1.807, 2.05) is 26.0 Å². The van der Waals surface area contributed by atoms with Gasteiger partial charge in [-0.3, -0.25) is 4.79 Å². The van der Waals surface area contributed by atoms with Crippen molar-refractivity contribution in [1.29, 1.82) is 0 Å². The summed E-state index contributed by atoms with van der Waals surface area (Å²) >= 11 is 0. The number of aryl methyl sites for hydroxylation is 1. The second-order valence-electron chi connectivity index (χ2n) is 8.43. The van der Waals surface area contributed by atoms with Crippen molar-refractivity contribution in [2.45, 2.75) is 64.3 Å². The molecular formula is C22H31NO4. The summed E-state index contributed by atoms with van der Waals surface area (Å²) in [5.74, 6) is 1.89. The second-order valence-corrected chi connectivity index (χ2v) is 8.43. The van der Waals surface area contributed by atoms with Crippen molar-refractivity contribution in [3.05, 3.63) is 40.9 Å². The Morgan fingerprint density at radius 2 is 2.04 bits per heavy atom. The zero-order chi connectivity index (χ0) is 19.9. The topological polar surface area (TPSA) is 66.2 Å². The molecule has 3 rings (SSSR count). The molecule has 5 heteroatoms. The molecule has 0 aliphatic carbocycles. The molecule has 0 radical (unpaired) electrons. The van der Waals surface area contributed by atoms with Gasteiger partial charge in [0.25, 0.3) is 5.91 Å². The van der Waals surface area contributed by atoms with E-state index in [-0.39, 0.29) is 11.8 Å². The third-order valence-corrected chi connectivity index (χ3v) is 5.81. The molecule has 1 fully saturated rings. The van der Waals surface area contributed by atoms with Crippen LogP contribution < -0.4 is 0 Å². The van der Waals surface area contributed by atoms with Crippen molar-refractivity contribution in [3.8, 4) is 0 Å². The van der Waals surface area contributed by atoms with Crippen LogP contribution in [0.3, 0.4) is 0 Å². The molecule has 1 saturated heterocycles. The zero-order valence-electron chi connectivity index (χ0n) is 17.0. The normalized spacial score (nSPS) is 32.8. The van der Waals surface area contributed by atoms with Crippen molar-refractivity contribution in [2.75, 3.05) is 14.1 Å². The molecule has 0 aromatic carbocycles. The summed E-state index contributed by atoms with van der Waals surface area (Å²) in [6.45, 7) is 10.2. The standard InChI is InChI=1S/C22H31NO4/c1-13(2)16-7-8-22(21(25)23(5)6)20(27-22)18(24)10-14(3)9-17-11-15(4)19(12-16)26-17/h9,11,16,18,20,24H,1,7-8,10,12H2,2-6H3/b14-9-/t16-,18+,20+,22+/m0/s1. The van der Waals surface area contributed by atoms with Crippen molar-refractivity contribution in [2.24, 2.45) is 5.92 Å². The quantitative estimate of drug-likeness (QED) is 0.636. The number of rotatable bonds is 2. The van der Waals surface area contributed by atoms with Gasteiger partial charge in [0.05, 0.1) is 6.10 Å². The maximum atomic E-state index is 12.8. The van der Waals surface area contributed by atoms with Gasteiger partial charge in [-0.25, -0.2) is 0 Å². The van der Waals surface area contributed by atoms with Gasteiger partial charge in [-0.1, -0.05) is 17.7 Å². The lowest BCUT2D eigenvalue weighted by Gasteiger charge is -2.22. The van der Waals surface area contributed by atoms with Crippen molar-refractivity contribution in [3.63, 3.8) is 0 Å². The predicted molar refractivity (Wildman–Crippen MR) is 105 cm³/mol. The van der Waals surface area contributed by atoms with Gasteiger partial charge in [0.15, 0.2) is 5.60 Å². The van der Waals surface area contributed by atoms with Gasteiger partial charge in [0, 0.05) is 20.5 Å². The van der Waals surface area contributed by atoms with Gasteiger partial charge in [0.1, 0.15) is 17.6 Å². The molecule has 5 nitrogen and oxygen atoms in total. The van der Waals surface area contributed by atoms with E-state index in [0.717, 1.165) is 41.1 Å². The maximum absolute atomic E-state index is 12.8. The summed E-state index contributed by atoms with van der Waals surface area (Å²) < 4.78 is 12.0. The van der Waals surface area contributed by atoms with E-state index in [9.17, 15) is 9.90 Å². The SMILES string of the molecule is C=C(C)[C@H]1CC[C@@]2(C(=O)N(C)C)O[C@@H]2[C@H](O)C/C(C)=C\c2cc(C)c(o2)C1. The summed E-state index contributed by atoms with van der Waals surface area (Å²) in [5.41, 5.74) is 2.27. The highest BCUT2D eigenvalue weighted by Gasteiger charge is 2.65. The number of ether oxygens (including phenoxy) is 1. The van der Waals surface area contributed by atoms with Crippen molar-refractivity contribution >= 4 is 12.0 Å². The smallest absolute Gasteiger partial charge is 0.257 e. The number of aliphatic hydroxyl groups is 1. The molecule has 0 unspecified atom stereocenters. The Bertz CT molecular complexity index is 775. The van der Waals surface area contributed by atoms with Crippen LogP contribution in [0.5, 0.6) is 0 Å². The van der Waals surface area contributed by atoms with Crippen LogP contribution >= 0.6 is 0 Å². The number of nitrogens with zero attached hydrogens (tertiary/aromatic N) is 1. The number of fused-ring (bicyclic) bond motifs is 3. The Morgan fingerprint density at radius 3 is 2.67 bits per heavy atom. The van der Waals surface area contributed by atoms with E-state index in [2.05, 4.69) is 13.5 Å². The average molecular weight is 373 g/mol. The largest absolute Gasteiger partial charge is 0.461 e. The molecule has 1 aromatic rings. The summed E-state index contributed by atoms with van der Waals surface area (Å²) in [5, 5.41) is 10.7. The number of carbonyl (C=O) groups is 1. The lowest BCUT2D eigenvalue weighted by atomic mass is 9.84. The molecular weight excluding hydrogens is 342 g/mol. The first-order valence-corrected chi connectivity index (χ1v) is 9.63. The number of hydrogen-bond donors (Lipinski definition) is 1. The molecule has 0 saturated carbocycles. The van der Waals surface area contributed by atoms with Gasteiger partial charge in [-0.05, 0) is 63.7 Å². The predicted octanol–water partition coefficient (Wildman–Crippen LogP) is 3.50. The van der Waals surface area contributed by atoms with Crippen LogP contribution in [0.2, 0.25) is 0 Å². The Kier molecular flexibility index (Phi) is 5.37. The fourth-order valence-electron chi connectivity index (χ4n) is 4.13. The van der Waals surface area contributed by atoms with Crippen LogP contribution in [-0.2, 0) is 16.0 Å². The van der Waals surface area contributed by atoms with Gasteiger partial charge >= 0.3 is 0 Å². The Balaban J connectivity index is 1.96. The van der Waals surface area contributed by atoms with Gasteiger partial charge in [0.2, 0.25) is 0 Å². The summed E-state index contributed by atoms with van der Waals surface area (Å²) in [6.07, 6.45) is 3.32. The lowest BCUT2D eigenvalue weighted by molar-refractivity contribution is -0.134. The molecule has 0 spiro atoms. The highest BCUT2D eigenvalue weighted by Crippen LogP contribution is 2.47. The van der Waals surface area contributed by atoms with Crippen LogP contribution in [0.25, 0.3) is 6.08 Å². The molecule has 2 bridgehead atoms. The fourth-order valence-corrected chi connectivity index (χ4v) is 4.13. The Hall–Kier alpha value is -1.85. The van der Waals surface area contributed by atoms with E-state index in [4.69, 9.17) is 9.15 Å². The molecule has 27 heavy (non-hydrogen) atoms. The third kappa shape index (κ3) is 3.90. The van der Waals surface area contributed by atoms with Crippen LogP contribution in [0.1, 0.15) is 50.2 Å². The molecule has 2 aliphatic rings. The minimum atomic E-state index is -0.923. The lowest BCUT2D eigenvalue weighted by Crippen LogP contribution is -2.41. The molecule has 4 atom stereocenters. The summed E-state index contributed by atoms with van der Waals surface area (Å²) in [4.78, 5) is 14.4. The van der Waals surface area contributed by atoms with Crippen LogP contribution in [0.4, 0.5) is 0 Å². The average Bonchev–Trinajstić information content (AvgIpc) is 3.21. The molecule has 3 heterocycles. The van der Waals surface area contributed by atoms with E-state index in [0.29, 0.717) is 12.8 Å². The monoisotopic (exact) mass is 373 g/mol. The van der Waals surface area contributed by atoms with Gasteiger partial charge in [-0.15, -0.1) is 0 Å². The van der Waals surface area contributed by atoms with E-state index >= 15 is 0 Å². The van der Waals surface area contributed by atoms with Crippen LogP contribution in [-0.4, -0.2) is 47.8 Å². The number of hydrogen-bond acceptors (Lipinski definition) is 4. The van der Waals surface area contributed by atoms with Crippen LogP contribution in [0, 0.1) is 12.8 Å². The fraction of sp³-hybridized carbons (Fsp3) is 0.591. The number of aliphatic hydroxyl groups excluding tert-OH is 1. The third-order valence-electron chi connectivity index (χ3n) is 5.81. The molecule has 1 N–H and O–H groups in total. The molecule has 148 valence electrons. The number of epoxide rings is 1. The first-order valence-electron chi connectivity index (χ1n) is 9.63. The van der Waals surface area contributed by atoms with Crippen molar-refractivity contribution in [1.82, 2.24) is 4.90 Å². The number of likely N-dealkylation sites (N-methyl/N-ethyl adjacent to an activating group) is 1. The summed E-state index contributed by atoms with van der Waals surface area (Å²) in [6, 6.07) is 2.04. The number of carbonyl (C=O) groups excluding carboxylic acids is 1. The number of furan rings is 1. The minimum Gasteiger partial charge on any atom is -0.461 e. The zero-order valence-corrected chi connectivity index (χ0v) is 17.0.